The number of carbonyl (C=O) groups is 1. The Hall–Kier alpha value is -3.45. The average molecular weight is 497 g/mol. The first-order valence-corrected chi connectivity index (χ1v) is 12.3. The number of piperazine rings is 1. The van der Waals surface area contributed by atoms with Crippen LogP contribution in [0, 0.1) is 18.3 Å². The van der Waals surface area contributed by atoms with Gasteiger partial charge in [0.05, 0.1) is 11.6 Å². The number of carbonyl (C=O) groups excluding carboxylic acids is 1. The molecule has 174 valence electrons. The number of sulfonamides is 1. The Kier molecular flexibility index (Phi) is 6.84. The van der Waals surface area contributed by atoms with E-state index in [9.17, 15) is 18.5 Å². The van der Waals surface area contributed by atoms with Crippen molar-refractivity contribution in [1.29, 1.82) is 5.26 Å². The maximum atomic E-state index is 13.5. The molecule has 3 aromatic rings. The van der Waals surface area contributed by atoms with Gasteiger partial charge in [-0.05, 0) is 61.0 Å². The summed E-state index contributed by atoms with van der Waals surface area (Å²) < 4.78 is 34.3. The zero-order chi connectivity index (χ0) is 24.3. The van der Waals surface area contributed by atoms with Gasteiger partial charge in [0.1, 0.15) is 22.1 Å². The van der Waals surface area contributed by atoms with Crippen LogP contribution in [0.2, 0.25) is 5.02 Å². The lowest BCUT2D eigenvalue weighted by Gasteiger charge is -2.34. The van der Waals surface area contributed by atoms with Crippen molar-refractivity contribution in [1.82, 2.24) is 14.2 Å². The number of aryl methyl sites for hydroxylation is 1. The Morgan fingerprint density at radius 2 is 1.85 bits per heavy atom. The van der Waals surface area contributed by atoms with Crippen molar-refractivity contribution in [3.63, 3.8) is 0 Å². The van der Waals surface area contributed by atoms with Gasteiger partial charge < -0.3 is 9.64 Å². The highest BCUT2D eigenvalue weighted by molar-refractivity contribution is 7.89. The van der Waals surface area contributed by atoms with Crippen LogP contribution in [-0.4, -0.2) is 54.7 Å². The van der Waals surface area contributed by atoms with Crippen LogP contribution in [0.15, 0.2) is 65.7 Å². The quantitative estimate of drug-likeness (QED) is 0.531. The highest BCUT2D eigenvalue weighted by atomic mass is 35.5. The molecule has 0 radical (unpaired) electrons. The Morgan fingerprint density at radius 1 is 1.09 bits per heavy atom. The SMILES string of the molecule is Cc1cc(Cl)cc(Oc2ccc(C#N)cc2S(=O)(=O)N2CCN(C(=O)c3ccccn3)CC2)c1. The Bertz CT molecular complexity index is 1350. The van der Waals surface area contributed by atoms with Gasteiger partial charge in [-0.25, -0.2) is 8.42 Å². The van der Waals surface area contributed by atoms with E-state index < -0.39 is 10.0 Å². The van der Waals surface area contributed by atoms with Crippen molar-refractivity contribution >= 4 is 27.5 Å². The molecule has 0 N–H and O–H groups in total. The second-order valence-corrected chi connectivity index (χ2v) is 10.1. The van der Waals surface area contributed by atoms with Crippen molar-refractivity contribution in [3.05, 3.63) is 82.6 Å². The normalized spacial score (nSPS) is 14.4. The molecular weight excluding hydrogens is 476 g/mol. The molecule has 1 aliphatic rings. The summed E-state index contributed by atoms with van der Waals surface area (Å²) in [5.74, 6) is 0.231. The lowest BCUT2D eigenvalue weighted by molar-refractivity contribution is 0.0692. The van der Waals surface area contributed by atoms with E-state index in [1.807, 2.05) is 13.0 Å². The summed E-state index contributed by atoms with van der Waals surface area (Å²) in [4.78, 5) is 18.2. The highest BCUT2D eigenvalue weighted by Crippen LogP contribution is 2.33. The van der Waals surface area contributed by atoms with E-state index in [1.165, 1.54) is 22.5 Å². The molecule has 1 aromatic heterocycles. The minimum Gasteiger partial charge on any atom is -0.456 e. The summed E-state index contributed by atoms with van der Waals surface area (Å²) in [6.45, 7) is 2.49. The molecule has 1 amide bonds. The number of nitrogens with zero attached hydrogens (tertiary/aromatic N) is 4. The van der Waals surface area contributed by atoms with Crippen LogP contribution in [0.4, 0.5) is 0 Å². The fourth-order valence-electron chi connectivity index (χ4n) is 3.67. The Balaban J connectivity index is 1.58. The summed E-state index contributed by atoms with van der Waals surface area (Å²) in [6, 6.07) is 16.4. The van der Waals surface area contributed by atoms with Crippen LogP contribution in [0.25, 0.3) is 0 Å². The van der Waals surface area contributed by atoms with Gasteiger partial charge in [-0.1, -0.05) is 17.7 Å². The first-order valence-electron chi connectivity index (χ1n) is 10.5. The Labute approximate surface area is 203 Å². The fraction of sp³-hybridized carbons (Fsp3) is 0.208. The molecule has 4 rings (SSSR count). The van der Waals surface area contributed by atoms with Crippen molar-refractivity contribution in [2.75, 3.05) is 26.2 Å². The van der Waals surface area contributed by atoms with Gasteiger partial charge in [-0.3, -0.25) is 9.78 Å². The van der Waals surface area contributed by atoms with Gasteiger partial charge in [-0.15, -0.1) is 0 Å². The second kappa shape index (κ2) is 9.81. The number of amides is 1. The third-order valence-corrected chi connectivity index (χ3v) is 7.48. The summed E-state index contributed by atoms with van der Waals surface area (Å²) in [5.41, 5.74) is 1.36. The van der Waals surface area contributed by atoms with Crippen LogP contribution in [0.3, 0.4) is 0 Å². The van der Waals surface area contributed by atoms with Gasteiger partial charge in [0.25, 0.3) is 5.91 Å². The standard InChI is InChI=1S/C24H21ClN4O4S/c1-17-12-19(25)15-20(13-17)33-22-6-5-18(16-26)14-23(22)34(31,32)29-10-8-28(9-11-29)24(30)21-4-2-3-7-27-21/h2-7,12-15H,8-11H2,1H3. The second-order valence-electron chi connectivity index (χ2n) is 7.75. The Morgan fingerprint density at radius 3 is 2.50 bits per heavy atom. The van der Waals surface area contributed by atoms with E-state index in [2.05, 4.69) is 4.98 Å². The molecule has 10 heteroatoms. The van der Waals surface area contributed by atoms with E-state index in [0.29, 0.717) is 16.5 Å². The molecule has 0 unspecified atom stereocenters. The molecule has 8 nitrogen and oxygen atoms in total. The molecule has 0 spiro atoms. The summed E-state index contributed by atoms with van der Waals surface area (Å²) in [5, 5.41) is 9.79. The van der Waals surface area contributed by atoms with Crippen LogP contribution in [0.1, 0.15) is 21.6 Å². The number of ether oxygens (including phenoxy) is 1. The van der Waals surface area contributed by atoms with E-state index >= 15 is 0 Å². The number of aromatic nitrogens is 1. The maximum Gasteiger partial charge on any atom is 0.272 e. The molecule has 2 heterocycles. The van der Waals surface area contributed by atoms with Crippen molar-refractivity contribution < 1.29 is 17.9 Å². The maximum absolute atomic E-state index is 13.5. The monoisotopic (exact) mass is 496 g/mol. The molecule has 0 aliphatic carbocycles. The lowest BCUT2D eigenvalue weighted by atomic mass is 10.2. The molecule has 2 aromatic carbocycles. The van der Waals surface area contributed by atoms with E-state index in [4.69, 9.17) is 16.3 Å². The number of hydrogen-bond donors (Lipinski definition) is 0. The molecule has 0 saturated carbocycles. The van der Waals surface area contributed by atoms with Gasteiger partial charge in [0, 0.05) is 37.4 Å². The third kappa shape index (κ3) is 5.04. The summed E-state index contributed by atoms with van der Waals surface area (Å²) in [7, 11) is -4.01. The highest BCUT2D eigenvalue weighted by Gasteiger charge is 2.33. The van der Waals surface area contributed by atoms with E-state index in [1.54, 1.807) is 47.5 Å². The number of hydrogen-bond acceptors (Lipinski definition) is 6. The average Bonchev–Trinajstić information content (AvgIpc) is 2.83. The van der Waals surface area contributed by atoms with Crippen LogP contribution < -0.4 is 4.74 Å². The molecule has 1 fully saturated rings. The van der Waals surface area contributed by atoms with Crippen molar-refractivity contribution in [2.45, 2.75) is 11.8 Å². The van der Waals surface area contributed by atoms with Crippen LogP contribution in [-0.2, 0) is 10.0 Å². The molecule has 1 aliphatic heterocycles. The zero-order valence-corrected chi connectivity index (χ0v) is 19.9. The molecular formula is C24H21ClN4O4S. The minimum absolute atomic E-state index is 0.0904. The lowest BCUT2D eigenvalue weighted by Crippen LogP contribution is -2.50. The fourth-order valence-corrected chi connectivity index (χ4v) is 5.52. The number of rotatable bonds is 5. The molecule has 0 bridgehead atoms. The molecule has 34 heavy (non-hydrogen) atoms. The number of nitriles is 1. The van der Waals surface area contributed by atoms with Crippen LogP contribution in [0.5, 0.6) is 11.5 Å². The first-order chi connectivity index (χ1) is 16.3. The smallest absolute Gasteiger partial charge is 0.272 e. The molecule has 1 saturated heterocycles. The van der Waals surface area contributed by atoms with Crippen LogP contribution >= 0.6 is 11.6 Å². The van der Waals surface area contributed by atoms with Gasteiger partial charge in [-0.2, -0.15) is 9.57 Å². The van der Waals surface area contributed by atoms with Gasteiger partial charge >= 0.3 is 0 Å². The number of pyridine rings is 1. The largest absolute Gasteiger partial charge is 0.456 e. The predicted octanol–water partition coefficient (Wildman–Crippen LogP) is 3.85. The van der Waals surface area contributed by atoms with E-state index in [0.717, 1.165) is 5.56 Å². The minimum atomic E-state index is -4.01. The van der Waals surface area contributed by atoms with Crippen molar-refractivity contribution in [3.8, 4) is 17.6 Å². The topological polar surface area (TPSA) is 104 Å². The number of halogens is 1. The van der Waals surface area contributed by atoms with Gasteiger partial charge in [0.2, 0.25) is 10.0 Å². The molecule has 0 atom stereocenters. The number of benzene rings is 2. The summed E-state index contributed by atoms with van der Waals surface area (Å²) in [6.07, 6.45) is 1.54. The predicted molar refractivity (Wildman–Crippen MR) is 126 cm³/mol. The summed E-state index contributed by atoms with van der Waals surface area (Å²) >= 11 is 6.11. The van der Waals surface area contributed by atoms with Crippen molar-refractivity contribution in [2.24, 2.45) is 0 Å². The first kappa shape index (κ1) is 23.7. The van der Waals surface area contributed by atoms with E-state index in [-0.39, 0.29) is 48.3 Å². The third-order valence-electron chi connectivity index (χ3n) is 5.34. The van der Waals surface area contributed by atoms with Gasteiger partial charge in [0.15, 0.2) is 0 Å². The zero-order valence-electron chi connectivity index (χ0n) is 18.3.